The number of fused-ring (bicyclic) bond motifs is 2. The first-order valence-corrected chi connectivity index (χ1v) is 13.7. The number of nitrogens with zero attached hydrogens (tertiary/aromatic N) is 6. The zero-order valence-corrected chi connectivity index (χ0v) is 22.5. The van der Waals surface area contributed by atoms with Gasteiger partial charge in [0.05, 0.1) is 12.6 Å². The van der Waals surface area contributed by atoms with E-state index in [1.54, 1.807) is 13.0 Å². The number of piperidine rings is 1. The Kier molecular flexibility index (Phi) is 6.63. The molecule has 0 atom stereocenters. The molecular weight excluding hydrogens is 488 g/mol. The second-order valence-corrected chi connectivity index (χ2v) is 11.1. The van der Waals surface area contributed by atoms with Crippen molar-refractivity contribution in [2.24, 2.45) is 0 Å². The largest absolute Gasteiger partial charge is 0.338 e. The van der Waals surface area contributed by atoms with Crippen molar-refractivity contribution in [3.63, 3.8) is 0 Å². The molecule has 1 N–H and O–H groups in total. The summed E-state index contributed by atoms with van der Waals surface area (Å²) >= 11 is 0. The van der Waals surface area contributed by atoms with Crippen LogP contribution >= 0.6 is 0 Å². The third-order valence-electron chi connectivity index (χ3n) is 8.62. The zero-order valence-electron chi connectivity index (χ0n) is 22.5. The number of amides is 1. The van der Waals surface area contributed by atoms with E-state index in [-0.39, 0.29) is 11.5 Å². The van der Waals surface area contributed by atoms with Gasteiger partial charge in [0.25, 0.3) is 6.43 Å². The van der Waals surface area contributed by atoms with Gasteiger partial charge in [0.2, 0.25) is 5.91 Å². The lowest BCUT2D eigenvalue weighted by Gasteiger charge is -2.33. The van der Waals surface area contributed by atoms with E-state index in [2.05, 4.69) is 27.0 Å². The summed E-state index contributed by atoms with van der Waals surface area (Å²) < 4.78 is 31.1. The van der Waals surface area contributed by atoms with E-state index in [9.17, 15) is 13.6 Å². The molecule has 38 heavy (non-hydrogen) atoms. The van der Waals surface area contributed by atoms with Crippen LogP contribution in [-0.4, -0.2) is 77.3 Å². The number of aromatic nitrogens is 2. The van der Waals surface area contributed by atoms with Gasteiger partial charge in [0.1, 0.15) is 0 Å². The summed E-state index contributed by atoms with van der Waals surface area (Å²) in [4.78, 5) is 18.7. The highest BCUT2D eigenvalue weighted by molar-refractivity contribution is 5.78. The maximum Gasteiger partial charge on any atom is 0.264 e. The summed E-state index contributed by atoms with van der Waals surface area (Å²) in [6.07, 6.45) is 3.92. The third kappa shape index (κ3) is 4.47. The molecule has 1 saturated heterocycles. The SMILES string of the molecule is CC(=O)N1CCc2c(c(N3CCCc4cc(C5=CN(C)NC5)c(C(F)F)cc43)nn2C2CCN(C)CC2)C1. The summed E-state index contributed by atoms with van der Waals surface area (Å²) in [6.45, 7) is 6.13. The number of likely N-dealkylation sites (tertiary alicyclic amines) is 1. The quantitative estimate of drug-likeness (QED) is 0.654. The predicted molar refractivity (Wildman–Crippen MR) is 143 cm³/mol. The number of carbonyl (C=O) groups excluding carboxylic acids is 1. The van der Waals surface area contributed by atoms with E-state index in [1.807, 2.05) is 29.2 Å². The van der Waals surface area contributed by atoms with Crippen LogP contribution in [-0.2, 0) is 24.2 Å². The van der Waals surface area contributed by atoms with Crippen LogP contribution in [0.25, 0.3) is 5.57 Å². The van der Waals surface area contributed by atoms with Crippen LogP contribution < -0.4 is 10.3 Å². The zero-order chi connectivity index (χ0) is 26.6. The predicted octanol–water partition coefficient (Wildman–Crippen LogP) is 3.87. The highest BCUT2D eigenvalue weighted by atomic mass is 19.3. The van der Waals surface area contributed by atoms with Crippen LogP contribution in [0.5, 0.6) is 0 Å². The number of hydrogen-bond donors (Lipinski definition) is 1. The standard InChI is InChI=1S/C28H37F2N7O/c1-18(38)35-12-8-25-24(17-35)28(32-37(25)21-6-10-33(2)11-7-21)36-9-4-5-19-13-22(20-15-31-34(3)16-20)23(27(29)30)14-26(19)36/h13-14,16,21,27,31H,4-12,15,17H2,1-3H3. The fraction of sp³-hybridized carbons (Fsp3) is 0.571. The Hall–Kier alpha value is -2.98. The monoisotopic (exact) mass is 525 g/mol. The molecule has 1 aromatic heterocycles. The van der Waals surface area contributed by atoms with Crippen molar-refractivity contribution in [1.82, 2.24) is 30.0 Å². The Morgan fingerprint density at radius 2 is 1.89 bits per heavy atom. The van der Waals surface area contributed by atoms with Crippen LogP contribution in [0.4, 0.5) is 20.3 Å². The van der Waals surface area contributed by atoms with Crippen molar-refractivity contribution >= 4 is 23.0 Å². The van der Waals surface area contributed by atoms with E-state index >= 15 is 0 Å². The molecule has 0 saturated carbocycles. The molecule has 0 bridgehead atoms. The first kappa shape index (κ1) is 25.3. The number of anilines is 2. The molecule has 5 heterocycles. The maximum atomic E-state index is 14.4. The minimum atomic E-state index is -2.58. The highest BCUT2D eigenvalue weighted by Crippen LogP contribution is 2.43. The fourth-order valence-corrected chi connectivity index (χ4v) is 6.48. The molecule has 4 aliphatic heterocycles. The van der Waals surface area contributed by atoms with E-state index in [0.717, 1.165) is 79.9 Å². The van der Waals surface area contributed by atoms with Gasteiger partial charge in [-0.05, 0) is 74.7 Å². The molecule has 1 aromatic carbocycles. The lowest BCUT2D eigenvalue weighted by atomic mass is 9.92. The molecule has 0 unspecified atom stereocenters. The number of nitrogens with one attached hydrogen (secondary N) is 1. The van der Waals surface area contributed by atoms with Gasteiger partial charge in [0, 0.05) is 68.7 Å². The fourth-order valence-electron chi connectivity index (χ4n) is 6.48. The Morgan fingerprint density at radius 1 is 1.11 bits per heavy atom. The number of hydrogen-bond acceptors (Lipinski definition) is 6. The molecule has 204 valence electrons. The second kappa shape index (κ2) is 9.96. The van der Waals surface area contributed by atoms with Gasteiger partial charge in [-0.3, -0.25) is 9.48 Å². The number of halogens is 2. The molecule has 0 spiro atoms. The number of rotatable bonds is 4. The minimum Gasteiger partial charge on any atom is -0.338 e. The second-order valence-electron chi connectivity index (χ2n) is 11.1. The molecule has 10 heteroatoms. The molecule has 0 aliphatic carbocycles. The lowest BCUT2D eigenvalue weighted by molar-refractivity contribution is -0.129. The minimum absolute atomic E-state index is 0.0562. The summed E-state index contributed by atoms with van der Waals surface area (Å²) in [7, 11) is 4.03. The Balaban J connectivity index is 1.44. The molecule has 8 nitrogen and oxygen atoms in total. The summed E-state index contributed by atoms with van der Waals surface area (Å²) in [5, 5.41) is 7.03. The summed E-state index contributed by atoms with van der Waals surface area (Å²) in [5.41, 5.74) is 8.92. The Labute approximate surface area is 222 Å². The number of aryl methyl sites for hydroxylation is 1. The van der Waals surface area contributed by atoms with E-state index in [1.165, 1.54) is 5.69 Å². The van der Waals surface area contributed by atoms with Crippen LogP contribution in [0.2, 0.25) is 0 Å². The average molecular weight is 526 g/mol. The van der Waals surface area contributed by atoms with E-state index in [4.69, 9.17) is 5.10 Å². The van der Waals surface area contributed by atoms with Crippen molar-refractivity contribution in [2.45, 2.75) is 58.0 Å². The van der Waals surface area contributed by atoms with Gasteiger partial charge in [-0.25, -0.2) is 14.2 Å². The van der Waals surface area contributed by atoms with Gasteiger partial charge in [-0.1, -0.05) is 0 Å². The van der Waals surface area contributed by atoms with Crippen LogP contribution in [0, 0.1) is 0 Å². The molecule has 2 aromatic rings. The van der Waals surface area contributed by atoms with Gasteiger partial charge in [-0.15, -0.1) is 0 Å². The van der Waals surface area contributed by atoms with Gasteiger partial charge in [-0.2, -0.15) is 5.10 Å². The molecular formula is C28H37F2N7O. The number of alkyl halides is 2. The first-order chi connectivity index (χ1) is 18.3. The van der Waals surface area contributed by atoms with E-state index < -0.39 is 6.43 Å². The average Bonchev–Trinajstić information content (AvgIpc) is 3.51. The smallest absolute Gasteiger partial charge is 0.264 e. The molecule has 1 fully saturated rings. The van der Waals surface area contributed by atoms with Crippen molar-refractivity contribution < 1.29 is 13.6 Å². The van der Waals surface area contributed by atoms with Crippen molar-refractivity contribution in [3.8, 4) is 0 Å². The number of hydrazine groups is 1. The van der Waals surface area contributed by atoms with Crippen LogP contribution in [0.15, 0.2) is 18.3 Å². The van der Waals surface area contributed by atoms with Gasteiger partial charge >= 0.3 is 0 Å². The molecule has 4 aliphatic rings. The first-order valence-electron chi connectivity index (χ1n) is 13.7. The van der Waals surface area contributed by atoms with E-state index in [0.29, 0.717) is 31.2 Å². The molecule has 0 radical (unpaired) electrons. The summed E-state index contributed by atoms with van der Waals surface area (Å²) in [6, 6.07) is 3.98. The molecule has 1 amide bonds. The molecule has 6 rings (SSSR count). The van der Waals surface area contributed by atoms with Crippen molar-refractivity contribution in [2.75, 3.05) is 51.7 Å². The van der Waals surface area contributed by atoms with Crippen LogP contribution in [0.1, 0.15) is 66.6 Å². The summed E-state index contributed by atoms with van der Waals surface area (Å²) in [5.74, 6) is 0.890. The number of benzene rings is 1. The van der Waals surface area contributed by atoms with Gasteiger partial charge < -0.3 is 19.7 Å². The van der Waals surface area contributed by atoms with Gasteiger partial charge in [0.15, 0.2) is 5.82 Å². The highest BCUT2D eigenvalue weighted by Gasteiger charge is 2.34. The topological polar surface area (TPSA) is 59.9 Å². The number of carbonyl (C=O) groups is 1. The maximum absolute atomic E-state index is 14.4. The van der Waals surface area contributed by atoms with Crippen molar-refractivity contribution in [3.05, 3.63) is 46.3 Å². The van der Waals surface area contributed by atoms with Crippen LogP contribution in [0.3, 0.4) is 0 Å². The Bertz CT molecular complexity index is 1260. The Morgan fingerprint density at radius 3 is 2.58 bits per heavy atom. The normalized spacial score (nSPS) is 20.7. The van der Waals surface area contributed by atoms with Crippen molar-refractivity contribution in [1.29, 1.82) is 0 Å². The third-order valence-corrected chi connectivity index (χ3v) is 8.62. The lowest BCUT2D eigenvalue weighted by Crippen LogP contribution is -2.36.